The first kappa shape index (κ1) is 10.8. The lowest BCUT2D eigenvalue weighted by molar-refractivity contribution is -0.386. The van der Waals surface area contributed by atoms with Gasteiger partial charge in [-0.1, -0.05) is 0 Å². The number of nitrogen functional groups attached to an aromatic ring is 1. The highest BCUT2D eigenvalue weighted by atomic mass is 19.3. The van der Waals surface area contributed by atoms with E-state index in [9.17, 15) is 18.9 Å². The first-order chi connectivity index (χ1) is 6.97. The Morgan fingerprint density at radius 1 is 1.67 bits per heavy atom. The van der Waals surface area contributed by atoms with Crippen LogP contribution in [0.1, 0.15) is 17.7 Å². The third kappa shape index (κ3) is 1.96. The quantitative estimate of drug-likeness (QED) is 0.591. The van der Waals surface area contributed by atoms with Crippen molar-refractivity contribution < 1.29 is 13.7 Å². The number of hydrogen-bond donors (Lipinski definition) is 1. The Labute approximate surface area is 82.1 Å². The fourth-order valence-corrected chi connectivity index (χ4v) is 0.928. The van der Waals surface area contributed by atoms with E-state index in [1.165, 1.54) is 6.07 Å². The molecule has 6 nitrogen and oxygen atoms in total. The van der Waals surface area contributed by atoms with Crippen molar-refractivity contribution in [1.29, 1.82) is 5.26 Å². The highest BCUT2D eigenvalue weighted by Crippen LogP contribution is 2.29. The molecule has 0 amide bonds. The van der Waals surface area contributed by atoms with Gasteiger partial charge in [-0.2, -0.15) is 5.26 Å². The third-order valence-corrected chi connectivity index (χ3v) is 1.58. The van der Waals surface area contributed by atoms with Gasteiger partial charge >= 0.3 is 0 Å². The summed E-state index contributed by atoms with van der Waals surface area (Å²) in [5, 5.41) is 18.9. The van der Waals surface area contributed by atoms with E-state index in [0.717, 1.165) is 0 Å². The van der Waals surface area contributed by atoms with Gasteiger partial charge in [0.15, 0.2) is 5.69 Å². The number of nitrogens with two attached hydrogens (primary N) is 1. The average Bonchev–Trinajstić information content (AvgIpc) is 2.16. The van der Waals surface area contributed by atoms with Gasteiger partial charge < -0.3 is 5.73 Å². The highest BCUT2D eigenvalue weighted by molar-refractivity contribution is 5.55. The highest BCUT2D eigenvalue weighted by Gasteiger charge is 2.25. The van der Waals surface area contributed by atoms with Gasteiger partial charge in [0, 0.05) is 6.07 Å². The Kier molecular flexibility index (Phi) is 2.75. The molecule has 0 bridgehead atoms. The van der Waals surface area contributed by atoms with Crippen LogP contribution in [0.3, 0.4) is 0 Å². The number of anilines is 1. The summed E-state index contributed by atoms with van der Waals surface area (Å²) in [6.45, 7) is 0. The van der Waals surface area contributed by atoms with E-state index in [1.807, 2.05) is 0 Å². The molecule has 0 aliphatic heterocycles. The molecule has 1 aromatic rings. The molecule has 0 atom stereocenters. The molecule has 2 N–H and O–H groups in total. The molecule has 0 saturated heterocycles. The molecule has 0 saturated carbocycles. The maximum absolute atomic E-state index is 12.3. The van der Waals surface area contributed by atoms with Gasteiger partial charge in [-0.15, -0.1) is 0 Å². The predicted octanol–water partition coefficient (Wildman–Crippen LogP) is 1.38. The van der Waals surface area contributed by atoms with E-state index in [1.54, 1.807) is 0 Å². The summed E-state index contributed by atoms with van der Waals surface area (Å²) in [5.74, 6) is -0.446. The van der Waals surface area contributed by atoms with Crippen LogP contribution in [0.2, 0.25) is 0 Å². The van der Waals surface area contributed by atoms with E-state index in [4.69, 9.17) is 11.0 Å². The summed E-state index contributed by atoms with van der Waals surface area (Å²) < 4.78 is 24.6. The van der Waals surface area contributed by atoms with Crippen molar-refractivity contribution in [1.82, 2.24) is 4.98 Å². The standard InChI is InChI=1S/C7H4F2N4O2/c8-6(9)5-4(13(14)15)1-3(2-10)7(11)12-5/h1,6H,(H2,11,12). The first-order valence-electron chi connectivity index (χ1n) is 3.60. The molecule has 15 heavy (non-hydrogen) atoms. The molecular formula is C7H4F2N4O2. The fraction of sp³-hybridized carbons (Fsp3) is 0.143. The van der Waals surface area contributed by atoms with Crippen LogP contribution in [0.4, 0.5) is 20.3 Å². The normalized spacial score (nSPS) is 10.0. The number of hydrogen-bond acceptors (Lipinski definition) is 5. The van der Waals surface area contributed by atoms with Crippen molar-refractivity contribution in [2.45, 2.75) is 6.43 Å². The first-order valence-corrected chi connectivity index (χ1v) is 3.60. The van der Waals surface area contributed by atoms with Crippen LogP contribution in [0.15, 0.2) is 6.07 Å². The molecule has 1 heterocycles. The van der Waals surface area contributed by atoms with Gasteiger partial charge in [0.1, 0.15) is 17.5 Å². The fourth-order valence-electron chi connectivity index (χ4n) is 0.928. The van der Waals surface area contributed by atoms with Crippen LogP contribution < -0.4 is 5.73 Å². The summed E-state index contributed by atoms with van der Waals surface area (Å²) in [4.78, 5) is 12.5. The predicted molar refractivity (Wildman–Crippen MR) is 45.0 cm³/mol. The minimum Gasteiger partial charge on any atom is -0.383 e. The maximum atomic E-state index is 12.3. The van der Waals surface area contributed by atoms with Crippen LogP contribution in [-0.2, 0) is 0 Å². The van der Waals surface area contributed by atoms with Crippen LogP contribution in [-0.4, -0.2) is 9.91 Å². The van der Waals surface area contributed by atoms with E-state index in [-0.39, 0.29) is 5.56 Å². The molecule has 0 unspecified atom stereocenters. The maximum Gasteiger partial charge on any atom is 0.298 e. The number of halogens is 2. The van der Waals surface area contributed by atoms with Crippen LogP contribution in [0, 0.1) is 21.4 Å². The Hall–Kier alpha value is -2.30. The molecule has 0 spiro atoms. The van der Waals surface area contributed by atoms with Gasteiger partial charge in [0.25, 0.3) is 12.1 Å². The van der Waals surface area contributed by atoms with Crippen LogP contribution in [0.25, 0.3) is 0 Å². The second-order valence-electron chi connectivity index (χ2n) is 2.50. The van der Waals surface area contributed by atoms with Crippen molar-refractivity contribution in [2.24, 2.45) is 0 Å². The van der Waals surface area contributed by atoms with Crippen molar-refractivity contribution in [3.63, 3.8) is 0 Å². The minimum atomic E-state index is -3.11. The lowest BCUT2D eigenvalue weighted by Gasteiger charge is -2.02. The Morgan fingerprint density at radius 2 is 2.27 bits per heavy atom. The van der Waals surface area contributed by atoms with E-state index in [0.29, 0.717) is 6.07 Å². The summed E-state index contributed by atoms with van der Waals surface area (Å²) in [6.07, 6.45) is -3.11. The van der Waals surface area contributed by atoms with Gasteiger partial charge in [0.2, 0.25) is 0 Å². The minimum absolute atomic E-state index is 0.300. The molecule has 0 aromatic carbocycles. The molecule has 0 aliphatic carbocycles. The Morgan fingerprint density at radius 3 is 2.67 bits per heavy atom. The van der Waals surface area contributed by atoms with Crippen LogP contribution in [0.5, 0.6) is 0 Å². The molecule has 1 aromatic heterocycles. The molecule has 0 aliphatic rings. The van der Waals surface area contributed by atoms with Gasteiger partial charge in [-0.3, -0.25) is 10.1 Å². The second kappa shape index (κ2) is 3.83. The SMILES string of the molecule is N#Cc1cc([N+](=O)[O-])c(C(F)F)nc1N. The van der Waals surface area contributed by atoms with Crippen molar-refractivity contribution in [3.05, 3.63) is 27.4 Å². The number of nitriles is 1. The Balaban J connectivity index is 3.47. The third-order valence-electron chi connectivity index (χ3n) is 1.58. The zero-order valence-corrected chi connectivity index (χ0v) is 7.15. The molecule has 1 rings (SSSR count). The smallest absolute Gasteiger partial charge is 0.298 e. The molecular weight excluding hydrogens is 210 g/mol. The zero-order chi connectivity index (χ0) is 11.6. The van der Waals surface area contributed by atoms with E-state index < -0.39 is 28.5 Å². The van der Waals surface area contributed by atoms with E-state index >= 15 is 0 Å². The van der Waals surface area contributed by atoms with Crippen molar-refractivity contribution in [2.75, 3.05) is 5.73 Å². The van der Waals surface area contributed by atoms with Crippen LogP contribution >= 0.6 is 0 Å². The van der Waals surface area contributed by atoms with Gasteiger partial charge in [0.05, 0.1) is 4.92 Å². The van der Waals surface area contributed by atoms with E-state index in [2.05, 4.69) is 4.98 Å². The van der Waals surface area contributed by atoms with Crippen molar-refractivity contribution >= 4 is 11.5 Å². The monoisotopic (exact) mass is 214 g/mol. The summed E-state index contributed by atoms with van der Waals surface area (Å²) in [5.41, 5.74) is 2.91. The lowest BCUT2D eigenvalue weighted by Crippen LogP contribution is -2.04. The number of alkyl halides is 2. The molecule has 0 radical (unpaired) electrons. The number of nitro groups is 1. The zero-order valence-electron chi connectivity index (χ0n) is 7.15. The molecule has 78 valence electrons. The molecule has 8 heteroatoms. The number of nitrogens with zero attached hydrogens (tertiary/aromatic N) is 3. The lowest BCUT2D eigenvalue weighted by atomic mass is 10.2. The van der Waals surface area contributed by atoms with Gasteiger partial charge in [-0.05, 0) is 0 Å². The number of rotatable bonds is 2. The topological polar surface area (TPSA) is 106 Å². The summed E-state index contributed by atoms with van der Waals surface area (Å²) >= 11 is 0. The number of aromatic nitrogens is 1. The second-order valence-corrected chi connectivity index (χ2v) is 2.50. The van der Waals surface area contributed by atoms with Crippen molar-refractivity contribution in [3.8, 4) is 6.07 Å². The Bertz CT molecular complexity index is 455. The summed E-state index contributed by atoms with van der Waals surface area (Å²) in [6, 6.07) is 2.20. The average molecular weight is 214 g/mol. The van der Waals surface area contributed by atoms with Gasteiger partial charge in [-0.25, -0.2) is 13.8 Å². The summed E-state index contributed by atoms with van der Waals surface area (Å²) in [7, 11) is 0. The number of pyridine rings is 1. The largest absolute Gasteiger partial charge is 0.383 e. The molecule has 0 fully saturated rings.